The van der Waals surface area contributed by atoms with Crippen LogP contribution in [0.15, 0.2) is 164 Å². The van der Waals surface area contributed by atoms with Crippen molar-refractivity contribution in [2.45, 2.75) is 95.1 Å². The van der Waals surface area contributed by atoms with Crippen LogP contribution in [-0.4, -0.2) is 68.6 Å². The number of carbonyl (C=O) groups is 1. The summed E-state index contributed by atoms with van der Waals surface area (Å²) in [5.41, 5.74) is 5.46. The van der Waals surface area contributed by atoms with E-state index in [1.54, 1.807) is 0 Å². The number of ether oxygens (including phenoxy) is 4. The van der Waals surface area contributed by atoms with Crippen LogP contribution in [0, 0.1) is 0 Å². The highest BCUT2D eigenvalue weighted by Gasteiger charge is 2.40. The van der Waals surface area contributed by atoms with E-state index in [1.807, 2.05) is 144 Å². The van der Waals surface area contributed by atoms with Crippen LogP contribution in [0.2, 0.25) is 0 Å². The maximum absolute atomic E-state index is 12.6. The minimum absolute atomic E-state index is 0.0331. The number of hydrogen-bond donors (Lipinski definition) is 1. The molecule has 0 aliphatic carbocycles. The summed E-state index contributed by atoms with van der Waals surface area (Å²) in [6.45, 7) is 6.70. The lowest BCUT2D eigenvalue weighted by Gasteiger charge is -2.37. The van der Waals surface area contributed by atoms with Gasteiger partial charge in [-0.05, 0) is 128 Å². The van der Waals surface area contributed by atoms with E-state index in [-0.39, 0.29) is 30.1 Å². The second-order valence-electron chi connectivity index (χ2n) is 18.2. The second kappa shape index (κ2) is 26.1. The third-order valence-corrected chi connectivity index (χ3v) is 13.9. The summed E-state index contributed by atoms with van der Waals surface area (Å²) >= 11 is 11.4. The summed E-state index contributed by atoms with van der Waals surface area (Å²) in [5, 5.41) is 23.9. The summed E-state index contributed by atoms with van der Waals surface area (Å²) in [6.07, 6.45) is 12.1. The zero-order valence-electron chi connectivity index (χ0n) is 41.3. The molecule has 12 heteroatoms. The van der Waals surface area contributed by atoms with E-state index in [0.29, 0.717) is 30.5 Å². The van der Waals surface area contributed by atoms with Crippen molar-refractivity contribution in [1.82, 2.24) is 19.6 Å². The fourth-order valence-electron chi connectivity index (χ4n) is 9.89. The smallest absolute Gasteiger partial charge is 0.170 e. The van der Waals surface area contributed by atoms with Gasteiger partial charge in [-0.15, -0.1) is 23.2 Å². The Morgan fingerprint density at radius 1 is 0.625 bits per heavy atom. The number of hydrogen-bond acceptors (Lipinski definition) is 8. The minimum Gasteiger partial charge on any atom is -0.492 e. The molecule has 0 amide bonds. The number of alkyl halides is 2. The normalized spacial score (nSPS) is 17.3. The lowest BCUT2D eigenvalue weighted by atomic mass is 9.71. The summed E-state index contributed by atoms with van der Waals surface area (Å²) in [6, 6.07) is 49.6. The Bertz CT molecular complexity index is 2880. The highest BCUT2D eigenvalue weighted by atomic mass is 35.5. The van der Waals surface area contributed by atoms with E-state index in [4.69, 9.17) is 42.1 Å². The number of carbonyl (C=O) groups excluding carboxylic acids is 1. The van der Waals surface area contributed by atoms with E-state index < -0.39 is 5.60 Å². The molecular formula is C60H66Cl2N4O6. The molecule has 2 fully saturated rings. The molecule has 72 heavy (non-hydrogen) atoms. The monoisotopic (exact) mass is 1010 g/mol. The molecule has 1 N–H and O–H groups in total. The summed E-state index contributed by atoms with van der Waals surface area (Å²) in [7, 11) is 0. The molecule has 2 aromatic heterocycles. The first-order valence-corrected chi connectivity index (χ1v) is 26.5. The summed E-state index contributed by atoms with van der Waals surface area (Å²) in [4.78, 5) is 12.6. The average molecular weight is 1010 g/mol. The van der Waals surface area contributed by atoms with Crippen molar-refractivity contribution in [2.75, 3.05) is 38.2 Å². The van der Waals surface area contributed by atoms with Gasteiger partial charge in [0.2, 0.25) is 0 Å². The number of rotatable bonds is 17. The molecular weight excluding hydrogens is 944 g/mol. The lowest BCUT2D eigenvalue weighted by Crippen LogP contribution is -2.35. The number of ketones is 1. The Labute approximate surface area is 433 Å². The van der Waals surface area contributed by atoms with Crippen molar-refractivity contribution in [3.63, 3.8) is 0 Å². The molecule has 5 unspecified atom stereocenters. The van der Waals surface area contributed by atoms with Gasteiger partial charge < -0.3 is 24.1 Å². The Balaban J connectivity index is 0.000000162. The molecule has 10 nitrogen and oxygen atoms in total. The topological polar surface area (TPSA) is 110 Å². The van der Waals surface area contributed by atoms with Gasteiger partial charge in [0.25, 0.3) is 0 Å². The largest absolute Gasteiger partial charge is 0.492 e. The second-order valence-corrected chi connectivity index (χ2v) is 18.9. The fourth-order valence-corrected chi connectivity index (χ4v) is 10.0. The van der Waals surface area contributed by atoms with Gasteiger partial charge in [0, 0.05) is 41.4 Å². The zero-order chi connectivity index (χ0) is 50.1. The number of halogens is 2. The molecule has 8 aromatic rings. The number of aromatic nitrogens is 4. The predicted molar refractivity (Wildman–Crippen MR) is 289 cm³/mol. The highest BCUT2D eigenvalue weighted by molar-refractivity contribution is 6.18. The molecule has 2 saturated heterocycles. The third kappa shape index (κ3) is 12.6. The summed E-state index contributed by atoms with van der Waals surface area (Å²) in [5.74, 6) is 2.25. The molecule has 2 aliphatic rings. The summed E-state index contributed by atoms with van der Waals surface area (Å²) < 4.78 is 26.8. The first-order chi connectivity index (χ1) is 35.4. The van der Waals surface area contributed by atoms with Gasteiger partial charge in [-0.25, -0.2) is 9.36 Å². The molecule has 0 bridgehead atoms. The van der Waals surface area contributed by atoms with Gasteiger partial charge in [-0.2, -0.15) is 10.2 Å². The standard InChI is InChI=1S/C30H33ClN2O3.C18H19ClO2.C12H14N2O/c1-2-27(22-8-4-3-5-9-22)30(34,24-11-14-26(15-12-24)35-19-17-31)25-13-16-28-23(20-25)21-32-33(28)29-10-6-7-18-36-29;1-2-17(14-6-4-3-5-7-14)18(20)15-8-10-16(11-9-15)21-13-12-19;1-2-6-11-10(5-1)9-13-14(11)12-7-3-4-8-15-12/h3-5,8-9,11-16,20-21,27,29,34H,2,6-7,10,17-19H2,1H3;3-11,17H,2,12-13H2,1H3;1-2,5-6,9,12H,3-4,7-8H2. The van der Waals surface area contributed by atoms with Crippen LogP contribution in [0.5, 0.6) is 11.5 Å². The van der Waals surface area contributed by atoms with Crippen LogP contribution in [0.1, 0.15) is 122 Å². The Morgan fingerprint density at radius 2 is 1.14 bits per heavy atom. The van der Waals surface area contributed by atoms with Crippen molar-refractivity contribution in [3.8, 4) is 11.5 Å². The Hall–Kier alpha value is -6.01. The van der Waals surface area contributed by atoms with E-state index in [0.717, 1.165) is 96.4 Å². The van der Waals surface area contributed by atoms with Crippen LogP contribution in [0.25, 0.3) is 21.8 Å². The number of benzene rings is 6. The third-order valence-electron chi connectivity index (χ3n) is 13.6. The van der Waals surface area contributed by atoms with Crippen molar-refractivity contribution >= 4 is 50.8 Å². The molecule has 0 radical (unpaired) electrons. The van der Waals surface area contributed by atoms with E-state index in [9.17, 15) is 9.90 Å². The van der Waals surface area contributed by atoms with E-state index >= 15 is 0 Å². The number of fused-ring (bicyclic) bond motifs is 2. The maximum atomic E-state index is 12.6. The van der Waals surface area contributed by atoms with Crippen LogP contribution in [0.4, 0.5) is 0 Å². The van der Waals surface area contributed by atoms with E-state index in [2.05, 4.69) is 53.5 Å². The quantitative estimate of drug-likeness (QED) is 0.0709. The van der Waals surface area contributed by atoms with Gasteiger partial charge >= 0.3 is 0 Å². The molecule has 0 spiro atoms. The Kier molecular flexibility index (Phi) is 19.0. The van der Waals surface area contributed by atoms with Crippen LogP contribution < -0.4 is 9.47 Å². The van der Waals surface area contributed by atoms with Gasteiger partial charge in [0.05, 0.1) is 35.2 Å². The van der Waals surface area contributed by atoms with Gasteiger partial charge in [-0.3, -0.25) is 4.79 Å². The van der Waals surface area contributed by atoms with E-state index in [1.165, 1.54) is 23.7 Å². The zero-order valence-corrected chi connectivity index (χ0v) is 42.8. The molecule has 376 valence electrons. The van der Waals surface area contributed by atoms with Crippen molar-refractivity contribution in [2.24, 2.45) is 0 Å². The molecule has 2 aliphatic heterocycles. The number of nitrogens with zero attached hydrogens (tertiary/aromatic N) is 4. The van der Waals surface area contributed by atoms with Crippen molar-refractivity contribution in [3.05, 3.63) is 192 Å². The predicted octanol–water partition coefficient (Wildman–Crippen LogP) is 14.2. The maximum Gasteiger partial charge on any atom is 0.170 e. The van der Waals surface area contributed by atoms with Crippen molar-refractivity contribution < 1.29 is 28.8 Å². The highest BCUT2D eigenvalue weighted by Crippen LogP contribution is 2.46. The van der Waals surface area contributed by atoms with Crippen molar-refractivity contribution in [1.29, 1.82) is 0 Å². The number of aliphatic hydroxyl groups is 1. The Morgan fingerprint density at radius 3 is 1.68 bits per heavy atom. The van der Waals surface area contributed by atoms with Crippen LogP contribution >= 0.6 is 23.2 Å². The van der Waals surface area contributed by atoms with Gasteiger partial charge in [-0.1, -0.05) is 111 Å². The van der Waals surface area contributed by atoms with Gasteiger partial charge in [0.1, 0.15) is 30.3 Å². The average Bonchev–Trinajstić information content (AvgIpc) is 4.09. The van der Waals surface area contributed by atoms with Crippen LogP contribution in [-0.2, 0) is 15.1 Å². The SMILES string of the molecule is CCC(C(=O)c1ccc(OCCCl)cc1)c1ccccc1.CCC(c1ccccc1)C(O)(c1ccc(OCCCl)cc1)c1ccc2c(cnn2C2CCCCO2)c1.c1ccc2c(c1)cnn2C1CCCCO1. The molecule has 4 heterocycles. The number of Topliss-reactive ketones (excluding diaryl/α,β-unsaturated/α-hetero) is 1. The first kappa shape index (κ1) is 52.3. The minimum atomic E-state index is -1.25. The first-order valence-electron chi connectivity index (χ1n) is 25.4. The molecule has 0 saturated carbocycles. The molecule has 10 rings (SSSR count). The number of para-hydroxylation sites is 1. The van der Waals surface area contributed by atoms with Gasteiger partial charge in [0.15, 0.2) is 18.2 Å². The fraction of sp³-hybridized carbons (Fsp3) is 0.350. The lowest BCUT2D eigenvalue weighted by molar-refractivity contribution is -0.0367. The molecule has 6 aromatic carbocycles. The molecule has 5 atom stereocenters. The van der Waals surface area contributed by atoms with Crippen LogP contribution in [0.3, 0.4) is 0 Å².